The summed E-state index contributed by atoms with van der Waals surface area (Å²) in [6, 6.07) is 9.83. The summed E-state index contributed by atoms with van der Waals surface area (Å²) >= 11 is 0. The number of hydrogen-bond donors (Lipinski definition) is 1. The van der Waals surface area contributed by atoms with Crippen LogP contribution in [0.15, 0.2) is 30.3 Å². The highest BCUT2D eigenvalue weighted by atomic mass is 16.3. The molecule has 0 saturated heterocycles. The Morgan fingerprint density at radius 1 is 1.28 bits per heavy atom. The quantitative estimate of drug-likeness (QED) is 0.839. The Balaban J connectivity index is 2.86. The third kappa shape index (κ3) is 3.33. The number of rotatable bonds is 6. The number of likely N-dealkylation sites (N-methyl/N-ethyl adjacent to an activating group) is 1. The second-order valence-corrected chi connectivity index (χ2v) is 4.95. The van der Waals surface area contributed by atoms with Gasteiger partial charge in [0.2, 0.25) is 5.91 Å². The number of amides is 1. The molecule has 0 heterocycles. The number of carbonyl (C=O) groups is 1. The fourth-order valence-corrected chi connectivity index (χ4v) is 2.04. The molecule has 3 nitrogen and oxygen atoms in total. The van der Waals surface area contributed by atoms with Crippen LogP contribution >= 0.6 is 0 Å². The lowest BCUT2D eigenvalue weighted by Crippen LogP contribution is -2.44. The molecule has 0 bridgehead atoms. The molecule has 3 heteroatoms. The molecule has 0 aliphatic heterocycles. The highest BCUT2D eigenvalue weighted by Crippen LogP contribution is 2.25. The molecule has 18 heavy (non-hydrogen) atoms. The van der Waals surface area contributed by atoms with E-state index in [1.165, 1.54) is 0 Å². The molecular formula is C15H23NO2. The first-order valence-corrected chi connectivity index (χ1v) is 6.49. The topological polar surface area (TPSA) is 40.5 Å². The summed E-state index contributed by atoms with van der Waals surface area (Å²) in [7, 11) is 0. The summed E-state index contributed by atoms with van der Waals surface area (Å²) in [5, 5.41) is 8.87. The smallest absolute Gasteiger partial charge is 0.232 e. The first-order valence-electron chi connectivity index (χ1n) is 6.49. The molecule has 100 valence electrons. The van der Waals surface area contributed by atoms with E-state index in [4.69, 9.17) is 5.11 Å². The van der Waals surface area contributed by atoms with Gasteiger partial charge in [-0.2, -0.15) is 0 Å². The van der Waals surface area contributed by atoms with Crippen molar-refractivity contribution in [2.75, 3.05) is 19.7 Å². The summed E-state index contributed by atoms with van der Waals surface area (Å²) in [6.07, 6.45) is 0.629. The summed E-state index contributed by atoms with van der Waals surface area (Å²) < 4.78 is 0. The van der Waals surface area contributed by atoms with Gasteiger partial charge in [0.15, 0.2) is 0 Å². The van der Waals surface area contributed by atoms with E-state index in [0.29, 0.717) is 19.5 Å². The van der Waals surface area contributed by atoms with Crippen LogP contribution in [0, 0.1) is 0 Å². The first kappa shape index (κ1) is 14.7. The van der Waals surface area contributed by atoms with Crippen LogP contribution in [0.4, 0.5) is 0 Å². The molecule has 0 aliphatic carbocycles. The summed E-state index contributed by atoms with van der Waals surface area (Å²) in [5.74, 6) is 0.115. The van der Waals surface area contributed by atoms with E-state index in [0.717, 1.165) is 5.56 Å². The molecule has 1 aromatic carbocycles. The zero-order valence-electron chi connectivity index (χ0n) is 11.5. The third-order valence-electron chi connectivity index (χ3n) is 3.29. The van der Waals surface area contributed by atoms with Crippen LogP contribution in [-0.4, -0.2) is 35.6 Å². The number of aliphatic hydroxyl groups is 1. The Kier molecular flexibility index (Phi) is 5.35. The van der Waals surface area contributed by atoms with Gasteiger partial charge in [-0.05, 0) is 32.8 Å². The van der Waals surface area contributed by atoms with Gasteiger partial charge in [0.05, 0.1) is 5.41 Å². The van der Waals surface area contributed by atoms with Gasteiger partial charge >= 0.3 is 0 Å². The molecule has 1 rings (SSSR count). The van der Waals surface area contributed by atoms with Crippen molar-refractivity contribution in [3.05, 3.63) is 35.9 Å². The number of nitrogens with zero attached hydrogens (tertiary/aromatic N) is 1. The maximum Gasteiger partial charge on any atom is 0.232 e. The fourth-order valence-electron chi connectivity index (χ4n) is 2.04. The van der Waals surface area contributed by atoms with Gasteiger partial charge in [-0.25, -0.2) is 0 Å². The van der Waals surface area contributed by atoms with E-state index >= 15 is 0 Å². The number of hydrogen-bond acceptors (Lipinski definition) is 2. The van der Waals surface area contributed by atoms with Crippen LogP contribution < -0.4 is 0 Å². The minimum Gasteiger partial charge on any atom is -0.396 e. The van der Waals surface area contributed by atoms with Crippen LogP contribution in [0.3, 0.4) is 0 Å². The Hall–Kier alpha value is -1.35. The standard InChI is InChI=1S/C15H23NO2/c1-4-16(11-8-12-17)14(18)15(2,3)13-9-6-5-7-10-13/h5-7,9-10,17H,4,8,11-12H2,1-3H3. The van der Waals surface area contributed by atoms with Crippen molar-refractivity contribution >= 4 is 5.91 Å². The average Bonchev–Trinajstić information content (AvgIpc) is 2.40. The average molecular weight is 249 g/mol. The van der Waals surface area contributed by atoms with E-state index < -0.39 is 5.41 Å². The molecule has 0 fully saturated rings. The summed E-state index contributed by atoms with van der Waals surface area (Å²) in [5.41, 5.74) is 0.504. The van der Waals surface area contributed by atoms with Crippen LogP contribution in [-0.2, 0) is 10.2 Å². The monoisotopic (exact) mass is 249 g/mol. The molecule has 0 saturated carbocycles. The van der Waals surface area contributed by atoms with Gasteiger partial charge in [-0.1, -0.05) is 30.3 Å². The van der Waals surface area contributed by atoms with Crippen LogP contribution in [0.1, 0.15) is 32.8 Å². The summed E-state index contributed by atoms with van der Waals surface area (Å²) in [4.78, 5) is 14.4. The van der Waals surface area contributed by atoms with E-state index in [2.05, 4.69) is 0 Å². The highest BCUT2D eigenvalue weighted by Gasteiger charge is 2.32. The minimum absolute atomic E-state index is 0.115. The Morgan fingerprint density at radius 3 is 2.39 bits per heavy atom. The second-order valence-electron chi connectivity index (χ2n) is 4.95. The van der Waals surface area contributed by atoms with E-state index in [1.807, 2.05) is 56.0 Å². The van der Waals surface area contributed by atoms with Gasteiger partial charge in [0.1, 0.15) is 0 Å². The third-order valence-corrected chi connectivity index (χ3v) is 3.29. The molecule has 0 radical (unpaired) electrons. The van der Waals surface area contributed by atoms with Gasteiger partial charge in [0.25, 0.3) is 0 Å². The van der Waals surface area contributed by atoms with E-state index in [9.17, 15) is 4.79 Å². The van der Waals surface area contributed by atoms with E-state index in [1.54, 1.807) is 0 Å². The lowest BCUT2D eigenvalue weighted by Gasteiger charge is -2.31. The highest BCUT2D eigenvalue weighted by molar-refractivity contribution is 5.87. The Labute approximate surface area is 109 Å². The van der Waals surface area contributed by atoms with Crippen molar-refractivity contribution in [2.45, 2.75) is 32.6 Å². The maximum absolute atomic E-state index is 12.5. The van der Waals surface area contributed by atoms with E-state index in [-0.39, 0.29) is 12.5 Å². The molecule has 0 aromatic heterocycles. The fraction of sp³-hybridized carbons (Fsp3) is 0.533. The number of carbonyl (C=O) groups excluding carboxylic acids is 1. The molecule has 0 spiro atoms. The number of aliphatic hydroxyl groups excluding tert-OH is 1. The molecular weight excluding hydrogens is 226 g/mol. The van der Waals surface area contributed by atoms with Crippen LogP contribution in [0.2, 0.25) is 0 Å². The van der Waals surface area contributed by atoms with Gasteiger partial charge in [-0.3, -0.25) is 4.79 Å². The van der Waals surface area contributed by atoms with Gasteiger partial charge < -0.3 is 10.0 Å². The molecule has 0 unspecified atom stereocenters. The summed E-state index contributed by atoms with van der Waals surface area (Å²) in [6.45, 7) is 7.28. The normalized spacial score (nSPS) is 11.3. The van der Waals surface area contributed by atoms with Crippen molar-refractivity contribution in [3.63, 3.8) is 0 Å². The van der Waals surface area contributed by atoms with Crippen molar-refractivity contribution < 1.29 is 9.90 Å². The van der Waals surface area contributed by atoms with Crippen molar-refractivity contribution in [1.82, 2.24) is 4.90 Å². The van der Waals surface area contributed by atoms with Crippen molar-refractivity contribution in [2.24, 2.45) is 0 Å². The van der Waals surface area contributed by atoms with Crippen LogP contribution in [0.5, 0.6) is 0 Å². The van der Waals surface area contributed by atoms with Gasteiger partial charge in [-0.15, -0.1) is 0 Å². The molecule has 1 amide bonds. The zero-order chi connectivity index (χ0) is 13.6. The lowest BCUT2D eigenvalue weighted by molar-refractivity contribution is -0.136. The van der Waals surface area contributed by atoms with Crippen molar-refractivity contribution in [3.8, 4) is 0 Å². The lowest BCUT2D eigenvalue weighted by atomic mass is 9.83. The van der Waals surface area contributed by atoms with Crippen LogP contribution in [0.25, 0.3) is 0 Å². The van der Waals surface area contributed by atoms with Crippen molar-refractivity contribution in [1.29, 1.82) is 0 Å². The Morgan fingerprint density at radius 2 is 1.89 bits per heavy atom. The SMILES string of the molecule is CCN(CCCO)C(=O)C(C)(C)c1ccccc1. The largest absolute Gasteiger partial charge is 0.396 e. The van der Waals surface area contributed by atoms with Gasteiger partial charge in [0, 0.05) is 19.7 Å². The molecule has 0 aliphatic rings. The maximum atomic E-state index is 12.5. The molecule has 1 aromatic rings. The molecule has 1 N–H and O–H groups in total. The second kappa shape index (κ2) is 6.55. The first-order chi connectivity index (χ1) is 8.54. The zero-order valence-corrected chi connectivity index (χ0v) is 11.5. The molecule has 0 atom stereocenters. The minimum atomic E-state index is -0.521. The number of benzene rings is 1. The predicted octanol–water partition coefficient (Wildman–Crippen LogP) is 2.20. The predicted molar refractivity (Wildman–Crippen MR) is 73.4 cm³/mol. The Bertz CT molecular complexity index is 373.